The number of methoxy groups -OCH3 is 1. The van der Waals surface area contributed by atoms with Crippen LogP contribution in [0.3, 0.4) is 0 Å². The average Bonchev–Trinajstić information content (AvgIpc) is 2.89. The van der Waals surface area contributed by atoms with E-state index in [1.165, 1.54) is 35.5 Å². The predicted molar refractivity (Wildman–Crippen MR) is 125 cm³/mol. The fraction of sp³-hybridized carbons (Fsp3) is 0.391. The molecule has 12 nitrogen and oxygen atoms in total. The van der Waals surface area contributed by atoms with Gasteiger partial charge in [-0.1, -0.05) is 6.07 Å². The maximum absolute atomic E-state index is 13.3. The number of piperidine rings is 1. The van der Waals surface area contributed by atoms with Crippen LogP contribution in [-0.2, 0) is 9.59 Å². The van der Waals surface area contributed by atoms with Gasteiger partial charge in [0.15, 0.2) is 0 Å². The van der Waals surface area contributed by atoms with E-state index in [9.17, 15) is 19.2 Å². The van der Waals surface area contributed by atoms with E-state index >= 15 is 0 Å². The monoisotopic (exact) mass is 481 g/mol. The number of rotatable bonds is 5. The number of nitrogens with zero attached hydrogens (tertiary/aromatic N) is 4. The number of hydrogen-bond donors (Lipinski definition) is 3. The molecule has 2 aliphatic rings. The molecule has 0 radical (unpaired) electrons. The molecule has 0 unspecified atom stereocenters. The average molecular weight is 482 g/mol. The van der Waals surface area contributed by atoms with Crippen LogP contribution >= 0.6 is 0 Å². The quantitative estimate of drug-likeness (QED) is 0.554. The van der Waals surface area contributed by atoms with Gasteiger partial charge in [-0.2, -0.15) is 0 Å². The van der Waals surface area contributed by atoms with Crippen molar-refractivity contribution < 1.29 is 23.9 Å². The van der Waals surface area contributed by atoms with Crippen LogP contribution in [0.4, 0.5) is 10.5 Å². The summed E-state index contributed by atoms with van der Waals surface area (Å²) in [5.74, 6) is -0.660. The summed E-state index contributed by atoms with van der Waals surface area (Å²) in [6.45, 7) is 0.817. The van der Waals surface area contributed by atoms with E-state index in [0.717, 1.165) is 6.42 Å². The Bertz CT molecular complexity index is 1100. The Kier molecular flexibility index (Phi) is 7.38. The number of carbonyl (C=O) groups excluding carboxylic acids is 4. The van der Waals surface area contributed by atoms with Crippen molar-refractivity contribution in [3.63, 3.8) is 0 Å². The smallest absolute Gasteiger partial charge is 0.321 e. The second-order valence-electron chi connectivity index (χ2n) is 8.21. The zero-order chi connectivity index (χ0) is 24.8. The summed E-state index contributed by atoms with van der Waals surface area (Å²) in [5, 5.41) is 8.27. The molecule has 4 rings (SSSR count). The number of ether oxygens (including phenoxy) is 1. The second-order valence-corrected chi connectivity index (χ2v) is 8.21. The third-order valence-electron chi connectivity index (χ3n) is 5.94. The Hall–Kier alpha value is -4.22. The topological polar surface area (TPSA) is 146 Å². The molecule has 2 atom stereocenters. The number of piperazine rings is 1. The van der Waals surface area contributed by atoms with E-state index in [4.69, 9.17) is 4.74 Å². The molecule has 5 amide bonds. The number of carbonyl (C=O) groups is 4. The minimum absolute atomic E-state index is 0.0536. The van der Waals surface area contributed by atoms with Gasteiger partial charge in [0.2, 0.25) is 11.8 Å². The van der Waals surface area contributed by atoms with Gasteiger partial charge in [-0.25, -0.2) is 9.78 Å². The molecule has 0 bridgehead atoms. The third kappa shape index (κ3) is 5.65. The first kappa shape index (κ1) is 23.9. The van der Waals surface area contributed by atoms with E-state index in [-0.39, 0.29) is 31.2 Å². The second kappa shape index (κ2) is 10.8. The molecule has 1 aromatic heterocycles. The van der Waals surface area contributed by atoms with Gasteiger partial charge in [0.1, 0.15) is 23.5 Å². The van der Waals surface area contributed by atoms with Crippen molar-refractivity contribution in [3.8, 4) is 5.75 Å². The van der Waals surface area contributed by atoms with Crippen LogP contribution in [-0.4, -0.2) is 88.9 Å². The molecule has 2 aliphatic heterocycles. The molecule has 2 saturated heterocycles. The molecule has 0 spiro atoms. The van der Waals surface area contributed by atoms with Crippen LogP contribution in [0.1, 0.15) is 23.3 Å². The number of aromatic nitrogens is 2. The summed E-state index contributed by atoms with van der Waals surface area (Å²) < 4.78 is 5.19. The Morgan fingerprint density at radius 1 is 1.20 bits per heavy atom. The van der Waals surface area contributed by atoms with Gasteiger partial charge in [0, 0.05) is 43.8 Å². The lowest BCUT2D eigenvalue weighted by Gasteiger charge is -2.40. The van der Waals surface area contributed by atoms with Crippen molar-refractivity contribution in [2.45, 2.75) is 24.9 Å². The van der Waals surface area contributed by atoms with E-state index < -0.39 is 29.9 Å². The van der Waals surface area contributed by atoms with Gasteiger partial charge in [-0.3, -0.25) is 19.4 Å². The first-order valence-corrected chi connectivity index (χ1v) is 11.3. The van der Waals surface area contributed by atoms with Gasteiger partial charge in [0.25, 0.3) is 5.91 Å². The van der Waals surface area contributed by atoms with Crippen molar-refractivity contribution >= 4 is 29.4 Å². The number of nitrogens with one attached hydrogen (secondary N) is 3. The zero-order valence-electron chi connectivity index (χ0n) is 19.3. The number of anilines is 1. The number of hydrogen-bond acceptors (Lipinski definition) is 7. The fourth-order valence-corrected chi connectivity index (χ4v) is 4.07. The summed E-state index contributed by atoms with van der Waals surface area (Å²) in [6.07, 6.45) is 5.41. The molecule has 2 fully saturated rings. The Morgan fingerprint density at radius 3 is 2.80 bits per heavy atom. The van der Waals surface area contributed by atoms with Gasteiger partial charge >= 0.3 is 6.03 Å². The van der Waals surface area contributed by atoms with Crippen LogP contribution in [0.5, 0.6) is 5.75 Å². The highest BCUT2D eigenvalue weighted by molar-refractivity contribution is 5.98. The lowest BCUT2D eigenvalue weighted by molar-refractivity contribution is -0.133. The maximum Gasteiger partial charge on any atom is 0.321 e. The van der Waals surface area contributed by atoms with Crippen molar-refractivity contribution in [3.05, 3.63) is 48.5 Å². The van der Waals surface area contributed by atoms with Crippen molar-refractivity contribution in [2.24, 2.45) is 0 Å². The van der Waals surface area contributed by atoms with Crippen LogP contribution in [0, 0.1) is 0 Å². The summed E-state index contributed by atoms with van der Waals surface area (Å²) >= 11 is 0. The largest absolute Gasteiger partial charge is 0.497 e. The van der Waals surface area contributed by atoms with E-state index in [2.05, 4.69) is 25.9 Å². The Balaban J connectivity index is 1.51. The van der Waals surface area contributed by atoms with Crippen LogP contribution in [0.2, 0.25) is 0 Å². The molecule has 3 N–H and O–H groups in total. The summed E-state index contributed by atoms with van der Waals surface area (Å²) in [7, 11) is 1.53. The van der Waals surface area contributed by atoms with E-state index in [1.807, 2.05) is 0 Å². The molecule has 1 aromatic carbocycles. The standard InChI is InChI=1S/C23H27N7O5/c1-35-16-5-2-4-15(12-16)27-23(34)29-10-11-30(22(33)18-13-24-8-9-25-18)19(14-29)21(32)28-17-6-3-7-26-20(17)31/h2,4-5,8-9,12-13,17,19H,3,6-7,10-11,14H2,1H3,(H,26,31)(H,27,34)(H,28,32)/t17-,19+/m1/s1. The number of amides is 5. The fourth-order valence-electron chi connectivity index (χ4n) is 4.07. The van der Waals surface area contributed by atoms with Crippen molar-refractivity contribution in [1.29, 1.82) is 0 Å². The van der Waals surface area contributed by atoms with Crippen LogP contribution in [0.25, 0.3) is 0 Å². The molecule has 2 aromatic rings. The highest BCUT2D eigenvalue weighted by atomic mass is 16.5. The number of benzene rings is 1. The van der Waals surface area contributed by atoms with Gasteiger partial charge in [0.05, 0.1) is 19.9 Å². The molecule has 0 saturated carbocycles. The third-order valence-corrected chi connectivity index (χ3v) is 5.94. The molecule has 0 aliphatic carbocycles. The molecule has 12 heteroatoms. The lowest BCUT2D eigenvalue weighted by atomic mass is 10.0. The van der Waals surface area contributed by atoms with Crippen LogP contribution in [0.15, 0.2) is 42.9 Å². The van der Waals surface area contributed by atoms with Gasteiger partial charge in [-0.05, 0) is 25.0 Å². The molecular formula is C23H27N7O5. The summed E-state index contributed by atoms with van der Waals surface area (Å²) in [5.41, 5.74) is 0.627. The first-order valence-electron chi connectivity index (χ1n) is 11.3. The van der Waals surface area contributed by atoms with Gasteiger partial charge < -0.3 is 30.5 Å². The highest BCUT2D eigenvalue weighted by Crippen LogP contribution is 2.19. The Morgan fingerprint density at radius 2 is 2.06 bits per heavy atom. The highest BCUT2D eigenvalue weighted by Gasteiger charge is 2.39. The van der Waals surface area contributed by atoms with Crippen molar-refractivity contribution in [1.82, 2.24) is 30.4 Å². The Labute approximate surface area is 202 Å². The lowest BCUT2D eigenvalue weighted by Crippen LogP contribution is -2.64. The molecule has 184 valence electrons. The molecular weight excluding hydrogens is 454 g/mol. The first-order chi connectivity index (χ1) is 17.0. The zero-order valence-corrected chi connectivity index (χ0v) is 19.3. The minimum atomic E-state index is -1.01. The molecule has 3 heterocycles. The molecule has 35 heavy (non-hydrogen) atoms. The predicted octanol–water partition coefficient (Wildman–Crippen LogP) is 0.239. The normalized spacial score (nSPS) is 20.0. The van der Waals surface area contributed by atoms with Crippen LogP contribution < -0.4 is 20.7 Å². The van der Waals surface area contributed by atoms with Crippen molar-refractivity contribution in [2.75, 3.05) is 38.6 Å². The van der Waals surface area contributed by atoms with E-state index in [1.54, 1.807) is 24.3 Å². The maximum atomic E-state index is 13.3. The van der Waals surface area contributed by atoms with E-state index in [0.29, 0.717) is 24.4 Å². The SMILES string of the molecule is COc1cccc(NC(=O)N2CCN(C(=O)c3cnccn3)[C@H](C(=O)N[C@@H]3CCCNC3=O)C2)c1. The number of urea groups is 1. The summed E-state index contributed by atoms with van der Waals surface area (Å²) in [6, 6.07) is 4.79. The van der Waals surface area contributed by atoms with Gasteiger partial charge in [-0.15, -0.1) is 0 Å². The summed E-state index contributed by atoms with van der Waals surface area (Å²) in [4.78, 5) is 62.4. The minimum Gasteiger partial charge on any atom is -0.497 e.